The standard InChI is InChI=1S/C38H34P2/c1-29(39(33-19-7-3-8-20-33)34-21-9-4-10-22-34)37-27-31-17-15-16-18-32(31)28-38(37)30(2)40(35-23-11-5-12-24-35)36-25-13-6-14-26-36/h3-26H,27-28H2,1-2H3/b37-29+,38-30+. The van der Waals surface area contributed by atoms with Crippen LogP contribution in [0.1, 0.15) is 25.0 Å². The molecule has 5 aromatic carbocycles. The van der Waals surface area contributed by atoms with Crippen LogP contribution in [0.2, 0.25) is 0 Å². The predicted molar refractivity (Wildman–Crippen MR) is 177 cm³/mol. The van der Waals surface area contributed by atoms with Crippen LogP contribution in [-0.4, -0.2) is 0 Å². The van der Waals surface area contributed by atoms with E-state index in [4.69, 9.17) is 0 Å². The van der Waals surface area contributed by atoms with E-state index in [0.717, 1.165) is 12.8 Å². The van der Waals surface area contributed by atoms with Crippen LogP contribution in [0, 0.1) is 0 Å². The lowest BCUT2D eigenvalue weighted by atomic mass is 9.84. The molecule has 0 saturated heterocycles. The summed E-state index contributed by atoms with van der Waals surface area (Å²) in [6.07, 6.45) is 1.97. The van der Waals surface area contributed by atoms with Crippen molar-refractivity contribution in [3.63, 3.8) is 0 Å². The van der Waals surface area contributed by atoms with Gasteiger partial charge in [-0.2, -0.15) is 0 Å². The minimum absolute atomic E-state index is 0.651. The van der Waals surface area contributed by atoms with Crippen LogP contribution in [0.25, 0.3) is 0 Å². The van der Waals surface area contributed by atoms with Crippen molar-refractivity contribution in [1.29, 1.82) is 0 Å². The maximum atomic E-state index is 2.41. The largest absolute Gasteiger partial charge is 0.0622 e. The zero-order chi connectivity index (χ0) is 27.3. The molecule has 0 amide bonds. The Kier molecular flexibility index (Phi) is 8.20. The normalized spacial score (nSPS) is 15.6. The van der Waals surface area contributed by atoms with Crippen LogP contribution in [0.4, 0.5) is 0 Å². The van der Waals surface area contributed by atoms with E-state index in [0.29, 0.717) is 0 Å². The maximum absolute atomic E-state index is 2.41. The third kappa shape index (κ3) is 5.53. The van der Waals surface area contributed by atoms with E-state index in [1.165, 1.54) is 54.1 Å². The Bertz CT molecular complexity index is 1430. The number of benzene rings is 5. The highest BCUT2D eigenvalue weighted by molar-refractivity contribution is 7.77. The van der Waals surface area contributed by atoms with E-state index in [1.54, 1.807) is 0 Å². The Hall–Kier alpha value is -3.56. The molecule has 0 fully saturated rings. The van der Waals surface area contributed by atoms with E-state index in [9.17, 15) is 0 Å². The molecule has 0 atom stereocenters. The van der Waals surface area contributed by atoms with Gasteiger partial charge in [-0.1, -0.05) is 146 Å². The van der Waals surface area contributed by atoms with Gasteiger partial charge in [0.25, 0.3) is 0 Å². The average Bonchev–Trinajstić information content (AvgIpc) is 3.02. The highest BCUT2D eigenvalue weighted by Gasteiger charge is 2.28. The molecular weight excluding hydrogens is 518 g/mol. The second kappa shape index (κ2) is 12.3. The molecule has 0 unspecified atom stereocenters. The first kappa shape index (κ1) is 26.7. The second-order valence-electron chi connectivity index (χ2n) is 10.3. The Balaban J connectivity index is 1.60. The Morgan fingerprint density at radius 1 is 0.375 bits per heavy atom. The minimum Gasteiger partial charge on any atom is -0.0622 e. The Labute approximate surface area is 241 Å². The molecule has 5 aromatic rings. The first-order valence-corrected chi connectivity index (χ1v) is 16.7. The van der Waals surface area contributed by atoms with Gasteiger partial charge in [-0.3, -0.25) is 0 Å². The Morgan fingerprint density at radius 3 is 0.900 bits per heavy atom. The molecule has 0 spiro atoms. The fourth-order valence-corrected chi connectivity index (χ4v) is 10.8. The molecule has 0 aliphatic heterocycles. The lowest BCUT2D eigenvalue weighted by Gasteiger charge is -2.32. The first-order chi connectivity index (χ1) is 19.7. The summed E-state index contributed by atoms with van der Waals surface area (Å²) in [5.74, 6) is 0. The summed E-state index contributed by atoms with van der Waals surface area (Å²) < 4.78 is 0. The van der Waals surface area contributed by atoms with Gasteiger partial charge < -0.3 is 0 Å². The van der Waals surface area contributed by atoms with E-state index in [-0.39, 0.29) is 0 Å². The van der Waals surface area contributed by atoms with Crippen LogP contribution in [0.3, 0.4) is 0 Å². The third-order valence-corrected chi connectivity index (χ3v) is 13.0. The van der Waals surface area contributed by atoms with Crippen molar-refractivity contribution in [3.8, 4) is 0 Å². The van der Waals surface area contributed by atoms with Gasteiger partial charge in [0.15, 0.2) is 0 Å². The molecule has 2 heteroatoms. The van der Waals surface area contributed by atoms with Crippen molar-refractivity contribution in [2.45, 2.75) is 26.7 Å². The molecule has 0 bridgehead atoms. The molecule has 40 heavy (non-hydrogen) atoms. The van der Waals surface area contributed by atoms with Gasteiger partial charge in [0.1, 0.15) is 0 Å². The Morgan fingerprint density at radius 2 is 0.625 bits per heavy atom. The zero-order valence-corrected chi connectivity index (χ0v) is 25.0. The van der Waals surface area contributed by atoms with Gasteiger partial charge in [-0.15, -0.1) is 0 Å². The van der Waals surface area contributed by atoms with Gasteiger partial charge >= 0.3 is 0 Å². The van der Waals surface area contributed by atoms with Gasteiger partial charge in [0.2, 0.25) is 0 Å². The number of fused-ring (bicyclic) bond motifs is 1. The topological polar surface area (TPSA) is 0 Å². The van der Waals surface area contributed by atoms with Crippen molar-refractivity contribution in [1.82, 2.24) is 0 Å². The van der Waals surface area contributed by atoms with Gasteiger partial charge in [-0.05, 0) is 96.7 Å². The highest BCUT2D eigenvalue weighted by Crippen LogP contribution is 2.52. The van der Waals surface area contributed by atoms with Crippen LogP contribution < -0.4 is 21.2 Å². The summed E-state index contributed by atoms with van der Waals surface area (Å²) in [6, 6.07) is 53.6. The molecule has 0 N–H and O–H groups in total. The summed E-state index contributed by atoms with van der Waals surface area (Å²) in [4.78, 5) is 0. The van der Waals surface area contributed by atoms with Crippen LogP contribution in [0.15, 0.2) is 167 Å². The summed E-state index contributed by atoms with van der Waals surface area (Å²) in [7, 11) is -1.30. The summed E-state index contributed by atoms with van der Waals surface area (Å²) in [5, 5.41) is 8.70. The lowest BCUT2D eigenvalue weighted by molar-refractivity contribution is 0.968. The lowest BCUT2D eigenvalue weighted by Crippen LogP contribution is -2.19. The predicted octanol–water partition coefficient (Wildman–Crippen LogP) is 8.60. The van der Waals surface area contributed by atoms with Crippen molar-refractivity contribution in [2.75, 3.05) is 0 Å². The minimum atomic E-state index is -0.651. The average molecular weight is 553 g/mol. The summed E-state index contributed by atoms with van der Waals surface area (Å²) in [6.45, 7) is 4.82. The summed E-state index contributed by atoms with van der Waals surface area (Å²) >= 11 is 0. The quantitative estimate of drug-likeness (QED) is 0.185. The van der Waals surface area contributed by atoms with E-state index >= 15 is 0 Å². The molecule has 0 saturated carbocycles. The number of allylic oxidation sites excluding steroid dienone is 4. The van der Waals surface area contributed by atoms with Gasteiger partial charge in [0, 0.05) is 0 Å². The molecule has 0 nitrogen and oxygen atoms in total. The fourth-order valence-electron chi connectivity index (χ4n) is 5.84. The monoisotopic (exact) mass is 552 g/mol. The molecule has 0 aromatic heterocycles. The summed E-state index contributed by atoms with van der Waals surface area (Å²) in [5.41, 5.74) is 6.00. The molecule has 0 heterocycles. The molecule has 0 radical (unpaired) electrons. The van der Waals surface area contributed by atoms with Gasteiger partial charge in [0.05, 0.1) is 0 Å². The van der Waals surface area contributed by atoms with Crippen LogP contribution in [0.5, 0.6) is 0 Å². The van der Waals surface area contributed by atoms with Crippen LogP contribution in [-0.2, 0) is 12.8 Å². The van der Waals surface area contributed by atoms with E-state index in [2.05, 4.69) is 159 Å². The van der Waals surface area contributed by atoms with Crippen molar-refractivity contribution >= 4 is 37.1 Å². The molecular formula is C38H34P2. The molecule has 196 valence electrons. The van der Waals surface area contributed by atoms with E-state index < -0.39 is 15.8 Å². The number of hydrogen-bond acceptors (Lipinski definition) is 0. The smallest absolute Gasteiger partial charge is 0.00167 e. The zero-order valence-electron chi connectivity index (χ0n) is 23.2. The van der Waals surface area contributed by atoms with Gasteiger partial charge in [-0.25, -0.2) is 0 Å². The molecule has 6 rings (SSSR count). The van der Waals surface area contributed by atoms with E-state index in [1.807, 2.05) is 0 Å². The SMILES string of the molecule is C/C(=C1/Cc2ccccc2C/C1=C(/C)P(c1ccccc1)c1ccccc1)P(c1ccccc1)c1ccccc1. The first-order valence-electron chi connectivity index (χ1n) is 14.0. The molecule has 1 aliphatic carbocycles. The number of hydrogen-bond donors (Lipinski definition) is 0. The maximum Gasteiger partial charge on any atom is -0.00167 e. The second-order valence-corrected chi connectivity index (χ2v) is 15.0. The third-order valence-electron chi connectivity index (χ3n) is 7.82. The van der Waals surface area contributed by atoms with Crippen LogP contribution >= 0.6 is 15.8 Å². The van der Waals surface area contributed by atoms with Crippen molar-refractivity contribution < 1.29 is 0 Å². The fraction of sp³-hybridized carbons (Fsp3) is 0.105. The van der Waals surface area contributed by atoms with Crippen molar-refractivity contribution in [3.05, 3.63) is 178 Å². The highest BCUT2D eigenvalue weighted by atomic mass is 31.1. The molecule has 1 aliphatic rings. The number of rotatable bonds is 6. The van der Waals surface area contributed by atoms with Crippen molar-refractivity contribution in [2.24, 2.45) is 0 Å².